The van der Waals surface area contributed by atoms with E-state index in [-0.39, 0.29) is 17.1 Å². The monoisotopic (exact) mass is 452 g/mol. The third-order valence-corrected chi connectivity index (χ3v) is 5.90. The lowest BCUT2D eigenvalue weighted by Gasteiger charge is -2.31. The molecule has 1 aromatic heterocycles. The van der Waals surface area contributed by atoms with Gasteiger partial charge in [0.15, 0.2) is 0 Å². The van der Waals surface area contributed by atoms with Gasteiger partial charge in [-0.3, -0.25) is 5.32 Å². The van der Waals surface area contributed by atoms with Gasteiger partial charge in [0.05, 0.1) is 19.2 Å². The summed E-state index contributed by atoms with van der Waals surface area (Å²) in [6, 6.07) is 5.30. The number of benzene rings is 1. The van der Waals surface area contributed by atoms with Crippen molar-refractivity contribution >= 4 is 46.0 Å². The number of carbonyl (C=O) groups excluding carboxylic acids is 3. The number of urea groups is 2. The van der Waals surface area contributed by atoms with Crippen LogP contribution < -0.4 is 21.5 Å². The zero-order valence-corrected chi connectivity index (χ0v) is 17.7. The van der Waals surface area contributed by atoms with Crippen molar-refractivity contribution in [1.82, 2.24) is 4.90 Å². The standard InChI is InChI=1S/C19H21ClN4O5S/c1-28-14-5-4-10(20)7-12(14)15-8-13(16(30-15)23-18(21)26)17(25)29-11-3-2-6-24(9-11)19(22)27/h4-5,7-8,11H,2-3,6,9H2,1H3,(H2,22,27)(H3,21,23,26). The minimum Gasteiger partial charge on any atom is -0.496 e. The number of thiophene rings is 1. The van der Waals surface area contributed by atoms with E-state index in [1.54, 1.807) is 24.3 Å². The maximum absolute atomic E-state index is 12.9. The third-order valence-electron chi connectivity index (χ3n) is 4.58. The molecule has 1 fully saturated rings. The van der Waals surface area contributed by atoms with Crippen molar-refractivity contribution < 1.29 is 23.9 Å². The van der Waals surface area contributed by atoms with Gasteiger partial charge in [0.1, 0.15) is 16.9 Å². The van der Waals surface area contributed by atoms with E-state index >= 15 is 0 Å². The van der Waals surface area contributed by atoms with Crippen molar-refractivity contribution in [2.24, 2.45) is 11.5 Å². The molecule has 1 saturated heterocycles. The number of nitrogens with one attached hydrogen (secondary N) is 1. The molecule has 3 rings (SSSR count). The van der Waals surface area contributed by atoms with Crippen molar-refractivity contribution in [3.8, 4) is 16.2 Å². The molecule has 4 amide bonds. The van der Waals surface area contributed by atoms with Crippen LogP contribution in [0, 0.1) is 0 Å². The normalized spacial score (nSPS) is 16.1. The Morgan fingerprint density at radius 2 is 2.03 bits per heavy atom. The predicted molar refractivity (Wildman–Crippen MR) is 114 cm³/mol. The van der Waals surface area contributed by atoms with Gasteiger partial charge in [0, 0.05) is 22.0 Å². The number of esters is 1. The van der Waals surface area contributed by atoms with Crippen LogP contribution in [0.5, 0.6) is 5.75 Å². The second kappa shape index (κ2) is 9.23. The van der Waals surface area contributed by atoms with Crippen LogP contribution in [-0.2, 0) is 4.74 Å². The van der Waals surface area contributed by atoms with Crippen LogP contribution in [0.2, 0.25) is 5.02 Å². The molecule has 0 bridgehead atoms. The van der Waals surface area contributed by atoms with Gasteiger partial charge in [-0.25, -0.2) is 14.4 Å². The van der Waals surface area contributed by atoms with Gasteiger partial charge in [-0.15, -0.1) is 11.3 Å². The smallest absolute Gasteiger partial charge is 0.341 e. The summed E-state index contributed by atoms with van der Waals surface area (Å²) < 4.78 is 11.0. The molecular weight excluding hydrogens is 432 g/mol. The summed E-state index contributed by atoms with van der Waals surface area (Å²) in [6.07, 6.45) is 0.777. The zero-order valence-electron chi connectivity index (χ0n) is 16.1. The molecule has 2 aromatic rings. The Morgan fingerprint density at radius 3 is 2.70 bits per heavy atom. The molecule has 11 heteroatoms. The summed E-state index contributed by atoms with van der Waals surface area (Å²) in [5.74, 6) is -0.0888. The fourth-order valence-electron chi connectivity index (χ4n) is 3.20. The SMILES string of the molecule is COc1ccc(Cl)cc1-c1cc(C(=O)OC2CCCN(C(N)=O)C2)c(NC(N)=O)s1. The number of amides is 4. The number of methoxy groups -OCH3 is 1. The van der Waals surface area contributed by atoms with Crippen LogP contribution in [0.25, 0.3) is 10.4 Å². The second-order valence-electron chi connectivity index (χ2n) is 6.64. The highest BCUT2D eigenvalue weighted by atomic mass is 35.5. The molecule has 160 valence electrons. The van der Waals surface area contributed by atoms with E-state index < -0.39 is 24.1 Å². The van der Waals surface area contributed by atoms with Crippen molar-refractivity contribution in [3.63, 3.8) is 0 Å². The van der Waals surface area contributed by atoms with E-state index in [9.17, 15) is 14.4 Å². The average Bonchev–Trinajstić information content (AvgIpc) is 3.11. The Morgan fingerprint density at radius 1 is 1.27 bits per heavy atom. The van der Waals surface area contributed by atoms with E-state index in [2.05, 4.69) is 5.32 Å². The largest absolute Gasteiger partial charge is 0.496 e. The number of nitrogens with two attached hydrogens (primary N) is 2. The molecule has 9 nitrogen and oxygen atoms in total. The summed E-state index contributed by atoms with van der Waals surface area (Å²) in [6.45, 7) is 0.744. The number of anilines is 1. The average molecular weight is 453 g/mol. The van der Waals surface area contributed by atoms with Gasteiger partial charge >= 0.3 is 18.0 Å². The van der Waals surface area contributed by atoms with Gasteiger partial charge in [-0.1, -0.05) is 11.6 Å². The van der Waals surface area contributed by atoms with Crippen LogP contribution in [0.1, 0.15) is 23.2 Å². The highest BCUT2D eigenvalue weighted by Crippen LogP contribution is 2.41. The molecule has 1 atom stereocenters. The number of ether oxygens (including phenoxy) is 2. The fraction of sp³-hybridized carbons (Fsp3) is 0.316. The van der Waals surface area contributed by atoms with Crippen molar-refractivity contribution in [2.45, 2.75) is 18.9 Å². The van der Waals surface area contributed by atoms with Crippen LogP contribution in [0.15, 0.2) is 24.3 Å². The number of nitrogens with zero attached hydrogens (tertiary/aromatic N) is 1. The van der Waals surface area contributed by atoms with Crippen LogP contribution >= 0.6 is 22.9 Å². The van der Waals surface area contributed by atoms with Crippen molar-refractivity contribution in [3.05, 3.63) is 34.9 Å². The second-order valence-corrected chi connectivity index (χ2v) is 8.13. The van der Waals surface area contributed by atoms with E-state index in [0.29, 0.717) is 40.6 Å². The highest BCUT2D eigenvalue weighted by molar-refractivity contribution is 7.20. The van der Waals surface area contributed by atoms with E-state index in [0.717, 1.165) is 11.3 Å². The first-order valence-electron chi connectivity index (χ1n) is 9.08. The minimum absolute atomic E-state index is 0.145. The molecule has 0 spiro atoms. The van der Waals surface area contributed by atoms with E-state index in [4.69, 9.17) is 32.5 Å². The Bertz CT molecular complexity index is 980. The number of primary amides is 2. The van der Waals surface area contributed by atoms with Crippen molar-refractivity contribution in [1.29, 1.82) is 0 Å². The molecule has 0 radical (unpaired) electrons. The topological polar surface area (TPSA) is 137 Å². The maximum Gasteiger partial charge on any atom is 0.341 e. The van der Waals surface area contributed by atoms with E-state index in [1.165, 1.54) is 12.0 Å². The Hall–Kier alpha value is -2.98. The lowest BCUT2D eigenvalue weighted by molar-refractivity contribution is 0.0129. The maximum atomic E-state index is 12.9. The molecule has 2 heterocycles. The molecule has 5 N–H and O–H groups in total. The van der Waals surface area contributed by atoms with Gasteiger partial charge in [0.25, 0.3) is 0 Å². The third kappa shape index (κ3) is 4.95. The first kappa shape index (κ1) is 21.7. The lowest BCUT2D eigenvalue weighted by atomic mass is 10.1. The number of halogens is 1. The van der Waals surface area contributed by atoms with Gasteiger partial charge in [-0.2, -0.15) is 0 Å². The van der Waals surface area contributed by atoms with Gasteiger partial charge in [-0.05, 0) is 37.1 Å². The zero-order chi connectivity index (χ0) is 21.8. The summed E-state index contributed by atoms with van der Waals surface area (Å²) in [4.78, 5) is 37.8. The summed E-state index contributed by atoms with van der Waals surface area (Å²) in [7, 11) is 1.52. The van der Waals surface area contributed by atoms with Crippen molar-refractivity contribution in [2.75, 3.05) is 25.5 Å². The lowest BCUT2D eigenvalue weighted by Crippen LogP contribution is -2.46. The first-order chi connectivity index (χ1) is 14.3. The number of likely N-dealkylation sites (tertiary alicyclic amines) is 1. The van der Waals surface area contributed by atoms with E-state index in [1.807, 2.05) is 0 Å². The molecule has 1 unspecified atom stereocenters. The van der Waals surface area contributed by atoms with Crippen LogP contribution in [-0.4, -0.2) is 49.2 Å². The Labute approximate surface area is 181 Å². The number of piperidine rings is 1. The molecule has 0 aliphatic carbocycles. The van der Waals surface area contributed by atoms with Crippen LogP contribution in [0.3, 0.4) is 0 Å². The molecule has 1 aliphatic rings. The Kier molecular flexibility index (Phi) is 6.68. The molecule has 30 heavy (non-hydrogen) atoms. The van der Waals surface area contributed by atoms with Crippen LogP contribution in [0.4, 0.5) is 14.6 Å². The Balaban J connectivity index is 1.90. The minimum atomic E-state index is -0.812. The number of carbonyl (C=O) groups is 3. The summed E-state index contributed by atoms with van der Waals surface area (Å²) in [5.41, 5.74) is 11.4. The predicted octanol–water partition coefficient (Wildman–Crippen LogP) is 3.27. The quantitative estimate of drug-likeness (QED) is 0.598. The fourth-order valence-corrected chi connectivity index (χ4v) is 4.44. The molecule has 0 saturated carbocycles. The van der Waals surface area contributed by atoms with Gasteiger partial charge < -0.3 is 25.8 Å². The highest BCUT2D eigenvalue weighted by Gasteiger charge is 2.28. The molecular formula is C19H21ClN4O5S. The number of hydrogen-bond donors (Lipinski definition) is 3. The first-order valence-corrected chi connectivity index (χ1v) is 10.3. The molecule has 1 aliphatic heterocycles. The summed E-state index contributed by atoms with van der Waals surface area (Å²) >= 11 is 7.25. The molecule has 1 aromatic carbocycles. The number of rotatable bonds is 5. The number of hydrogen-bond acceptors (Lipinski definition) is 6. The summed E-state index contributed by atoms with van der Waals surface area (Å²) in [5, 5.41) is 3.19. The van der Waals surface area contributed by atoms with Gasteiger partial charge in [0.2, 0.25) is 0 Å².